The highest BCUT2D eigenvalue weighted by molar-refractivity contribution is 5.99. The number of rotatable bonds is 7. The summed E-state index contributed by atoms with van der Waals surface area (Å²) in [7, 11) is 3.47. The van der Waals surface area contributed by atoms with Gasteiger partial charge in [-0.2, -0.15) is 0 Å². The lowest BCUT2D eigenvalue weighted by Crippen LogP contribution is -2.31. The van der Waals surface area contributed by atoms with Gasteiger partial charge >= 0.3 is 0 Å². The standard InChI is InChI=1S/C16H22FNO2/c1-18(11-12-5-3-6-12)10-9-14(19)16-13(17)7-4-8-15(16)20-2/h4,7-8,12H,3,5-6,9-11H2,1-2H3. The largest absolute Gasteiger partial charge is 0.496 e. The summed E-state index contributed by atoms with van der Waals surface area (Å²) < 4.78 is 18.8. The van der Waals surface area contributed by atoms with E-state index in [2.05, 4.69) is 4.90 Å². The van der Waals surface area contributed by atoms with Crippen molar-refractivity contribution < 1.29 is 13.9 Å². The number of carbonyl (C=O) groups is 1. The number of halogens is 1. The molecule has 0 N–H and O–H groups in total. The molecule has 0 unspecified atom stereocenters. The second-order valence-corrected chi connectivity index (χ2v) is 5.55. The fourth-order valence-electron chi connectivity index (χ4n) is 2.57. The zero-order chi connectivity index (χ0) is 14.5. The van der Waals surface area contributed by atoms with E-state index in [1.54, 1.807) is 12.1 Å². The van der Waals surface area contributed by atoms with Crippen LogP contribution < -0.4 is 4.74 Å². The molecule has 1 aromatic rings. The number of carbonyl (C=O) groups excluding carboxylic acids is 1. The summed E-state index contributed by atoms with van der Waals surface area (Å²) in [4.78, 5) is 14.3. The second kappa shape index (κ2) is 6.84. The first-order chi connectivity index (χ1) is 9.61. The van der Waals surface area contributed by atoms with Crippen LogP contribution in [0.5, 0.6) is 5.75 Å². The van der Waals surface area contributed by atoms with Gasteiger partial charge in [-0.25, -0.2) is 4.39 Å². The zero-order valence-electron chi connectivity index (χ0n) is 12.2. The molecule has 0 bridgehead atoms. The molecule has 1 saturated carbocycles. The Balaban J connectivity index is 1.91. The monoisotopic (exact) mass is 279 g/mol. The van der Waals surface area contributed by atoms with Crippen LogP contribution in [-0.4, -0.2) is 37.9 Å². The molecule has 1 aromatic carbocycles. The summed E-state index contributed by atoms with van der Waals surface area (Å²) in [5.41, 5.74) is 0.0760. The summed E-state index contributed by atoms with van der Waals surface area (Å²) in [5, 5.41) is 0. The average Bonchev–Trinajstić information content (AvgIpc) is 2.39. The number of ether oxygens (including phenoxy) is 1. The molecule has 0 atom stereocenters. The third-order valence-electron chi connectivity index (χ3n) is 3.99. The van der Waals surface area contributed by atoms with Gasteiger partial charge in [-0.3, -0.25) is 4.79 Å². The van der Waals surface area contributed by atoms with Crippen molar-refractivity contribution in [3.63, 3.8) is 0 Å². The van der Waals surface area contributed by atoms with Crippen LogP contribution in [-0.2, 0) is 0 Å². The van der Waals surface area contributed by atoms with Gasteiger partial charge in [0.2, 0.25) is 0 Å². The van der Waals surface area contributed by atoms with E-state index in [4.69, 9.17) is 4.74 Å². The summed E-state index contributed by atoms with van der Waals surface area (Å²) in [5.74, 6) is 0.395. The molecule has 4 heteroatoms. The number of methoxy groups -OCH3 is 1. The van der Waals surface area contributed by atoms with E-state index >= 15 is 0 Å². The van der Waals surface area contributed by atoms with Crippen molar-refractivity contribution in [2.45, 2.75) is 25.7 Å². The highest BCUT2D eigenvalue weighted by atomic mass is 19.1. The maximum atomic E-state index is 13.8. The van der Waals surface area contributed by atoms with E-state index in [0.717, 1.165) is 12.5 Å². The lowest BCUT2D eigenvalue weighted by atomic mass is 9.85. The molecule has 1 aliphatic carbocycles. The molecule has 0 heterocycles. The minimum atomic E-state index is -0.504. The molecule has 0 amide bonds. The SMILES string of the molecule is COc1cccc(F)c1C(=O)CCN(C)CC1CCC1. The minimum absolute atomic E-state index is 0.0760. The quantitative estimate of drug-likeness (QED) is 0.718. The smallest absolute Gasteiger partial charge is 0.170 e. The average molecular weight is 279 g/mol. The first-order valence-corrected chi connectivity index (χ1v) is 7.16. The van der Waals surface area contributed by atoms with Gasteiger partial charge in [0.05, 0.1) is 12.7 Å². The Labute approximate surface area is 119 Å². The van der Waals surface area contributed by atoms with E-state index < -0.39 is 5.82 Å². The Hall–Kier alpha value is -1.42. The predicted octanol–water partition coefficient (Wildman–Crippen LogP) is 3.14. The van der Waals surface area contributed by atoms with Gasteiger partial charge < -0.3 is 9.64 Å². The Kier molecular flexibility index (Phi) is 5.12. The molecule has 1 fully saturated rings. The van der Waals surface area contributed by atoms with Gasteiger partial charge in [-0.15, -0.1) is 0 Å². The van der Waals surface area contributed by atoms with Gasteiger partial charge in [-0.05, 0) is 37.9 Å². The molecule has 20 heavy (non-hydrogen) atoms. The first-order valence-electron chi connectivity index (χ1n) is 7.16. The molecule has 1 aliphatic rings. The number of hydrogen-bond donors (Lipinski definition) is 0. The van der Waals surface area contributed by atoms with Crippen LogP contribution in [0.1, 0.15) is 36.0 Å². The fourth-order valence-corrected chi connectivity index (χ4v) is 2.57. The van der Waals surface area contributed by atoms with E-state index in [1.165, 1.54) is 32.4 Å². The molecule has 110 valence electrons. The Morgan fingerprint density at radius 3 is 2.80 bits per heavy atom. The number of Topliss-reactive ketones (excluding diaryl/α,β-unsaturated/α-hetero) is 1. The van der Waals surface area contributed by atoms with Gasteiger partial charge in [0.1, 0.15) is 11.6 Å². The van der Waals surface area contributed by atoms with Crippen molar-refractivity contribution in [2.75, 3.05) is 27.2 Å². The van der Waals surface area contributed by atoms with Crippen LogP contribution in [0.15, 0.2) is 18.2 Å². The molecular weight excluding hydrogens is 257 g/mol. The topological polar surface area (TPSA) is 29.5 Å². The predicted molar refractivity (Wildman–Crippen MR) is 76.7 cm³/mol. The first kappa shape index (κ1) is 15.0. The fraction of sp³-hybridized carbons (Fsp3) is 0.562. The van der Waals surface area contributed by atoms with Crippen molar-refractivity contribution in [1.29, 1.82) is 0 Å². The lowest BCUT2D eigenvalue weighted by Gasteiger charge is -2.30. The van der Waals surface area contributed by atoms with Crippen LogP contribution in [0.25, 0.3) is 0 Å². The van der Waals surface area contributed by atoms with Crippen LogP contribution >= 0.6 is 0 Å². The molecule has 0 spiro atoms. The number of benzene rings is 1. The lowest BCUT2D eigenvalue weighted by molar-refractivity contribution is 0.0954. The van der Waals surface area contributed by atoms with Crippen molar-refractivity contribution in [3.8, 4) is 5.75 Å². The van der Waals surface area contributed by atoms with Crippen LogP contribution in [0.2, 0.25) is 0 Å². The molecule has 0 radical (unpaired) electrons. The van der Waals surface area contributed by atoms with Crippen LogP contribution in [0, 0.1) is 11.7 Å². The number of ketones is 1. The summed E-state index contributed by atoms with van der Waals surface area (Å²) >= 11 is 0. The maximum Gasteiger partial charge on any atom is 0.170 e. The molecule has 0 aliphatic heterocycles. The number of nitrogens with zero attached hydrogens (tertiary/aromatic N) is 1. The molecule has 2 rings (SSSR count). The van der Waals surface area contributed by atoms with Gasteiger partial charge in [0.25, 0.3) is 0 Å². The maximum absolute atomic E-state index is 13.8. The minimum Gasteiger partial charge on any atom is -0.496 e. The van der Waals surface area contributed by atoms with Gasteiger partial charge in [0, 0.05) is 19.5 Å². The van der Waals surface area contributed by atoms with Gasteiger partial charge in [-0.1, -0.05) is 12.5 Å². The summed E-state index contributed by atoms with van der Waals surface area (Å²) in [6.07, 6.45) is 4.23. The van der Waals surface area contributed by atoms with Crippen molar-refractivity contribution >= 4 is 5.78 Å². The molecule has 0 saturated heterocycles. The Bertz CT molecular complexity index is 472. The van der Waals surface area contributed by atoms with Gasteiger partial charge in [0.15, 0.2) is 5.78 Å². The number of hydrogen-bond acceptors (Lipinski definition) is 3. The highest BCUT2D eigenvalue weighted by Gasteiger charge is 2.21. The van der Waals surface area contributed by atoms with Crippen molar-refractivity contribution in [3.05, 3.63) is 29.6 Å². The van der Waals surface area contributed by atoms with E-state index in [1.807, 2.05) is 7.05 Å². The van der Waals surface area contributed by atoms with Crippen molar-refractivity contribution in [1.82, 2.24) is 4.90 Å². The third-order valence-corrected chi connectivity index (χ3v) is 3.99. The Morgan fingerprint density at radius 1 is 1.45 bits per heavy atom. The van der Waals surface area contributed by atoms with E-state index in [0.29, 0.717) is 18.7 Å². The van der Waals surface area contributed by atoms with E-state index in [-0.39, 0.29) is 11.3 Å². The summed E-state index contributed by atoms with van der Waals surface area (Å²) in [6.45, 7) is 1.69. The Morgan fingerprint density at radius 2 is 2.20 bits per heavy atom. The van der Waals surface area contributed by atoms with Crippen LogP contribution in [0.3, 0.4) is 0 Å². The highest BCUT2D eigenvalue weighted by Crippen LogP contribution is 2.27. The molecule has 0 aromatic heterocycles. The van der Waals surface area contributed by atoms with E-state index in [9.17, 15) is 9.18 Å². The van der Waals surface area contributed by atoms with Crippen molar-refractivity contribution in [2.24, 2.45) is 5.92 Å². The molecular formula is C16H22FNO2. The molecule has 3 nitrogen and oxygen atoms in total. The third kappa shape index (κ3) is 3.57. The van der Waals surface area contributed by atoms with Crippen LogP contribution in [0.4, 0.5) is 4.39 Å². The summed E-state index contributed by atoms with van der Waals surface area (Å²) in [6, 6.07) is 4.47. The normalized spacial score (nSPS) is 15.2. The zero-order valence-corrected chi connectivity index (χ0v) is 12.2. The second-order valence-electron chi connectivity index (χ2n) is 5.55.